The van der Waals surface area contributed by atoms with Crippen LogP contribution in [-0.4, -0.2) is 18.9 Å². The number of halogens is 2. The van der Waals surface area contributed by atoms with Gasteiger partial charge in [-0.3, -0.25) is 0 Å². The van der Waals surface area contributed by atoms with Crippen molar-refractivity contribution < 1.29 is 9.53 Å². The first-order valence-corrected chi connectivity index (χ1v) is 7.25. The number of carbonyl (C=O) groups excluding carboxylic acids is 1. The summed E-state index contributed by atoms with van der Waals surface area (Å²) in [6.07, 6.45) is -0.0921. The molecule has 0 atom stereocenters. The molecule has 0 aliphatic carbocycles. The Kier molecular flexibility index (Phi) is 5.81. The molecule has 0 unspecified atom stereocenters. The first kappa shape index (κ1) is 16.3. The number of hydrogen-bond acceptors (Lipinski definition) is 3. The average Bonchev–Trinajstić information content (AvgIpc) is 2.54. The predicted octanol–water partition coefficient (Wildman–Crippen LogP) is 4.30. The van der Waals surface area contributed by atoms with Crippen molar-refractivity contribution in [3.05, 3.63) is 69.7 Å². The van der Waals surface area contributed by atoms with Crippen molar-refractivity contribution in [1.82, 2.24) is 5.43 Å². The van der Waals surface area contributed by atoms with Gasteiger partial charge in [0.25, 0.3) is 0 Å². The lowest BCUT2D eigenvalue weighted by molar-refractivity contribution is 0.171. The molecule has 114 valence electrons. The topological polar surface area (TPSA) is 50.7 Å². The minimum Gasteiger partial charge on any atom is -0.452 e. The van der Waals surface area contributed by atoms with Crippen LogP contribution in [0.2, 0.25) is 10.0 Å². The Bertz CT molecular complexity index is 668. The Morgan fingerprint density at radius 1 is 1.05 bits per heavy atom. The number of hydrazone groups is 1. The van der Waals surface area contributed by atoms with Gasteiger partial charge in [0.05, 0.1) is 12.8 Å². The van der Waals surface area contributed by atoms with Crippen molar-refractivity contribution in [1.29, 1.82) is 0 Å². The number of rotatable bonds is 4. The van der Waals surface area contributed by atoms with Gasteiger partial charge >= 0.3 is 6.09 Å². The molecule has 22 heavy (non-hydrogen) atoms. The monoisotopic (exact) mass is 336 g/mol. The zero-order valence-electron chi connectivity index (χ0n) is 11.8. The second-order valence-electron chi connectivity index (χ2n) is 4.47. The van der Waals surface area contributed by atoms with E-state index in [0.717, 1.165) is 11.1 Å². The molecule has 6 heteroatoms. The van der Waals surface area contributed by atoms with E-state index in [1.807, 2.05) is 36.4 Å². The highest BCUT2D eigenvalue weighted by atomic mass is 35.5. The first-order valence-electron chi connectivity index (χ1n) is 6.49. The number of hydrogen-bond donors (Lipinski definition) is 1. The van der Waals surface area contributed by atoms with Gasteiger partial charge in [0.1, 0.15) is 0 Å². The Morgan fingerprint density at radius 3 is 2.14 bits per heavy atom. The van der Waals surface area contributed by atoms with Crippen molar-refractivity contribution in [2.75, 3.05) is 7.11 Å². The molecule has 0 bridgehead atoms. The molecule has 1 amide bonds. The predicted molar refractivity (Wildman–Crippen MR) is 88.7 cm³/mol. The van der Waals surface area contributed by atoms with E-state index in [-0.39, 0.29) is 0 Å². The van der Waals surface area contributed by atoms with Crippen LogP contribution in [0.15, 0.2) is 53.6 Å². The van der Waals surface area contributed by atoms with Gasteiger partial charge in [-0.15, -0.1) is 0 Å². The van der Waals surface area contributed by atoms with Gasteiger partial charge in [-0.1, -0.05) is 47.5 Å². The summed E-state index contributed by atoms with van der Waals surface area (Å²) >= 11 is 11.8. The summed E-state index contributed by atoms with van der Waals surface area (Å²) in [5.74, 6) is 0. The van der Waals surface area contributed by atoms with Crippen molar-refractivity contribution >= 4 is 35.0 Å². The molecule has 2 aromatic carbocycles. The second kappa shape index (κ2) is 7.82. The number of nitrogens with one attached hydrogen (secondary N) is 1. The molecule has 0 aliphatic rings. The second-order valence-corrected chi connectivity index (χ2v) is 5.34. The highest BCUT2D eigenvalue weighted by Crippen LogP contribution is 2.15. The van der Waals surface area contributed by atoms with E-state index in [4.69, 9.17) is 23.2 Å². The molecule has 0 aliphatic heterocycles. The lowest BCUT2D eigenvalue weighted by atomic mass is 10.0. The summed E-state index contributed by atoms with van der Waals surface area (Å²) in [5, 5.41) is 5.43. The summed E-state index contributed by atoms with van der Waals surface area (Å²) in [6, 6.07) is 14.7. The number of ether oxygens (including phenoxy) is 1. The van der Waals surface area contributed by atoms with Crippen LogP contribution in [0.25, 0.3) is 0 Å². The Balaban J connectivity index is 2.26. The maximum Gasteiger partial charge on any atom is 0.427 e. The van der Waals surface area contributed by atoms with Crippen molar-refractivity contribution in [2.45, 2.75) is 6.42 Å². The van der Waals surface area contributed by atoms with Crippen molar-refractivity contribution in [3.63, 3.8) is 0 Å². The van der Waals surface area contributed by atoms with Gasteiger partial charge in [-0.25, -0.2) is 10.2 Å². The van der Waals surface area contributed by atoms with Gasteiger partial charge in [0, 0.05) is 16.5 Å². The van der Waals surface area contributed by atoms with E-state index in [9.17, 15) is 4.79 Å². The highest BCUT2D eigenvalue weighted by Gasteiger charge is 2.07. The highest BCUT2D eigenvalue weighted by molar-refractivity contribution is 6.31. The third-order valence-corrected chi connectivity index (χ3v) is 3.43. The number of amides is 1. The van der Waals surface area contributed by atoms with Gasteiger partial charge < -0.3 is 4.74 Å². The molecule has 1 N–H and O–H groups in total. The fourth-order valence-electron chi connectivity index (χ4n) is 1.80. The maximum atomic E-state index is 11.2. The smallest absolute Gasteiger partial charge is 0.427 e. The lowest BCUT2D eigenvalue weighted by Gasteiger charge is -2.08. The van der Waals surface area contributed by atoms with Crippen molar-refractivity contribution in [2.24, 2.45) is 5.10 Å². The summed E-state index contributed by atoms with van der Waals surface area (Å²) in [4.78, 5) is 11.2. The molecule has 0 saturated heterocycles. The summed E-state index contributed by atoms with van der Waals surface area (Å²) in [7, 11) is 1.28. The largest absolute Gasteiger partial charge is 0.452 e. The molecule has 0 aromatic heterocycles. The van der Waals surface area contributed by atoms with Crippen LogP contribution < -0.4 is 5.43 Å². The molecule has 4 nitrogen and oxygen atoms in total. The maximum absolute atomic E-state index is 11.2. The van der Waals surface area contributed by atoms with Crippen LogP contribution in [0.1, 0.15) is 11.1 Å². The first-order chi connectivity index (χ1) is 10.6. The average molecular weight is 337 g/mol. The van der Waals surface area contributed by atoms with Gasteiger partial charge in [-0.2, -0.15) is 5.10 Å². The summed E-state index contributed by atoms with van der Waals surface area (Å²) in [5.41, 5.74) is 4.91. The number of nitrogens with zero attached hydrogens (tertiary/aromatic N) is 1. The van der Waals surface area contributed by atoms with Crippen LogP contribution in [0.4, 0.5) is 4.79 Å². The van der Waals surface area contributed by atoms with E-state index >= 15 is 0 Å². The molecule has 0 spiro atoms. The van der Waals surface area contributed by atoms with Gasteiger partial charge in [0.15, 0.2) is 0 Å². The zero-order chi connectivity index (χ0) is 15.9. The molecular formula is C16H14Cl2N2O2. The molecule has 0 saturated carbocycles. The summed E-state index contributed by atoms with van der Waals surface area (Å²) in [6.45, 7) is 0. The van der Waals surface area contributed by atoms with E-state index < -0.39 is 6.09 Å². The minimum absolute atomic E-state index is 0.531. The van der Waals surface area contributed by atoms with Crippen LogP contribution >= 0.6 is 23.2 Å². The van der Waals surface area contributed by atoms with Crippen LogP contribution in [0.5, 0.6) is 0 Å². The molecule has 0 fully saturated rings. The fourth-order valence-corrected chi connectivity index (χ4v) is 2.05. The zero-order valence-corrected chi connectivity index (χ0v) is 13.4. The molecule has 0 radical (unpaired) electrons. The van der Waals surface area contributed by atoms with Crippen LogP contribution in [0, 0.1) is 0 Å². The van der Waals surface area contributed by atoms with Crippen LogP contribution in [-0.2, 0) is 11.2 Å². The number of carbonyl (C=O) groups is 1. The number of benzene rings is 2. The number of methoxy groups -OCH3 is 1. The Hall–Kier alpha value is -2.04. The van der Waals surface area contributed by atoms with Crippen molar-refractivity contribution in [3.8, 4) is 0 Å². The lowest BCUT2D eigenvalue weighted by Crippen LogP contribution is -2.20. The molecule has 2 aromatic rings. The Labute approximate surface area is 138 Å². The fraction of sp³-hybridized carbons (Fsp3) is 0.125. The quantitative estimate of drug-likeness (QED) is 0.668. The summed E-state index contributed by atoms with van der Waals surface area (Å²) < 4.78 is 4.53. The van der Waals surface area contributed by atoms with E-state index in [0.29, 0.717) is 22.2 Å². The van der Waals surface area contributed by atoms with Gasteiger partial charge in [0.2, 0.25) is 0 Å². The van der Waals surface area contributed by atoms with E-state index in [1.54, 1.807) is 12.1 Å². The molecule has 0 heterocycles. The standard InChI is InChI=1S/C16H14Cl2N2O2/c1-22-16(21)20-19-15(12-4-8-14(18)9-5-12)10-11-2-6-13(17)7-3-11/h2-9H,10H2,1H3,(H,20,21)/b19-15-. The third-order valence-electron chi connectivity index (χ3n) is 2.93. The SMILES string of the molecule is COC(=O)N/N=C(/Cc1ccc(Cl)cc1)c1ccc(Cl)cc1. The van der Waals surface area contributed by atoms with Crippen LogP contribution in [0.3, 0.4) is 0 Å². The molecule has 2 rings (SSSR count). The minimum atomic E-state index is -0.623. The van der Waals surface area contributed by atoms with E-state index in [1.165, 1.54) is 7.11 Å². The van der Waals surface area contributed by atoms with E-state index in [2.05, 4.69) is 15.3 Å². The Morgan fingerprint density at radius 2 is 1.59 bits per heavy atom. The van der Waals surface area contributed by atoms with Gasteiger partial charge in [-0.05, 0) is 35.4 Å². The third kappa shape index (κ3) is 4.76. The normalized spacial score (nSPS) is 11.1. The molecular weight excluding hydrogens is 323 g/mol.